The minimum Gasteiger partial charge on any atom is -0.399 e. The van der Waals surface area contributed by atoms with E-state index < -0.39 is 28.3 Å². The molecule has 7 nitrogen and oxygen atoms in total. The van der Waals surface area contributed by atoms with Crippen molar-refractivity contribution in [1.29, 1.82) is 0 Å². The lowest BCUT2D eigenvalue weighted by Gasteiger charge is -2.32. The van der Waals surface area contributed by atoms with Crippen LogP contribution in [0.5, 0.6) is 0 Å². The molecule has 2 aromatic rings. The van der Waals surface area contributed by atoms with Gasteiger partial charge in [0.1, 0.15) is 0 Å². The van der Waals surface area contributed by atoms with Gasteiger partial charge in [0.05, 0.1) is 28.0 Å². The van der Waals surface area contributed by atoms with Gasteiger partial charge in [-0.05, 0) is 64.3 Å². The molecule has 2 heterocycles. The molecule has 30 heavy (non-hydrogen) atoms. The van der Waals surface area contributed by atoms with E-state index in [2.05, 4.69) is 10.0 Å². The van der Waals surface area contributed by atoms with Crippen LogP contribution in [0.4, 0.5) is 11.4 Å². The molecule has 3 rings (SSSR count). The van der Waals surface area contributed by atoms with Crippen molar-refractivity contribution in [3.63, 3.8) is 0 Å². The van der Waals surface area contributed by atoms with Crippen LogP contribution in [-0.2, 0) is 19.3 Å². The molecule has 1 aromatic carbocycles. The normalized spacial score (nSPS) is 17.8. The van der Waals surface area contributed by atoms with Crippen LogP contribution in [0.15, 0.2) is 24.3 Å². The number of sulfonamides is 1. The monoisotopic (exact) mass is 470 g/mol. The average Bonchev–Trinajstić information content (AvgIpc) is 3.02. The van der Waals surface area contributed by atoms with Crippen LogP contribution in [0, 0.1) is 6.92 Å². The maximum Gasteiger partial charge on any atom is 0.495 e. The first-order chi connectivity index (χ1) is 13.7. The molecule has 11 heteroatoms. The van der Waals surface area contributed by atoms with E-state index in [1.165, 1.54) is 23.5 Å². The number of halogens is 1. The Morgan fingerprint density at radius 1 is 1.07 bits per heavy atom. The Kier molecular flexibility index (Phi) is 6.03. The minimum atomic E-state index is -3.47. The van der Waals surface area contributed by atoms with E-state index >= 15 is 0 Å². The predicted molar refractivity (Wildman–Crippen MR) is 123 cm³/mol. The fraction of sp³-hybridized carbons (Fsp3) is 0.421. The number of rotatable bonds is 5. The zero-order valence-electron chi connectivity index (χ0n) is 17.6. The lowest BCUT2D eigenvalue weighted by atomic mass is 9.79. The number of anilines is 2. The molecule has 0 radical (unpaired) electrons. The van der Waals surface area contributed by atoms with Crippen LogP contribution in [-0.4, -0.2) is 38.9 Å². The molecule has 1 fully saturated rings. The molecule has 0 bridgehead atoms. The third kappa shape index (κ3) is 5.00. The standard InChI is InChI=1S/C19H24BClN2O5S2/c1-11-15(20-27-18(2,3)19(4,5)28-20)10-16(29-11)17(24)22-13-7-12(21)8-14(9-13)23-30(6,25)26/h7-10,23H,1-6H3,(H,22,24). The van der Waals surface area contributed by atoms with Crippen molar-refractivity contribution >= 4 is 62.8 Å². The minimum absolute atomic E-state index is 0.264. The summed E-state index contributed by atoms with van der Waals surface area (Å²) in [5.41, 5.74) is 0.507. The van der Waals surface area contributed by atoms with Gasteiger partial charge in [-0.25, -0.2) is 8.42 Å². The van der Waals surface area contributed by atoms with E-state index in [0.29, 0.717) is 15.6 Å². The van der Waals surface area contributed by atoms with Gasteiger partial charge in [0, 0.05) is 15.6 Å². The van der Waals surface area contributed by atoms with Gasteiger partial charge >= 0.3 is 7.12 Å². The highest BCUT2D eigenvalue weighted by Crippen LogP contribution is 2.37. The van der Waals surface area contributed by atoms with Crippen LogP contribution in [0.25, 0.3) is 0 Å². The maximum absolute atomic E-state index is 12.8. The van der Waals surface area contributed by atoms with Gasteiger partial charge in [-0.15, -0.1) is 11.3 Å². The summed E-state index contributed by atoms with van der Waals surface area (Å²) in [5.74, 6) is -0.335. The number of benzene rings is 1. The Morgan fingerprint density at radius 2 is 1.63 bits per heavy atom. The van der Waals surface area contributed by atoms with E-state index in [4.69, 9.17) is 20.9 Å². The van der Waals surface area contributed by atoms with Crippen molar-refractivity contribution in [2.24, 2.45) is 0 Å². The van der Waals surface area contributed by atoms with Crippen molar-refractivity contribution in [1.82, 2.24) is 0 Å². The van der Waals surface area contributed by atoms with Gasteiger partial charge in [0.15, 0.2) is 0 Å². The summed E-state index contributed by atoms with van der Waals surface area (Å²) in [5, 5.41) is 3.05. The average molecular weight is 471 g/mol. The molecule has 162 valence electrons. The number of nitrogens with one attached hydrogen (secondary N) is 2. The van der Waals surface area contributed by atoms with E-state index in [9.17, 15) is 13.2 Å². The van der Waals surface area contributed by atoms with Crippen molar-refractivity contribution in [3.8, 4) is 0 Å². The second-order valence-corrected chi connectivity index (χ2v) is 11.7. The van der Waals surface area contributed by atoms with Gasteiger partial charge in [-0.1, -0.05) is 11.6 Å². The lowest BCUT2D eigenvalue weighted by molar-refractivity contribution is 0.00578. The highest BCUT2D eigenvalue weighted by Gasteiger charge is 2.52. The predicted octanol–water partition coefficient (Wildman–Crippen LogP) is 3.63. The van der Waals surface area contributed by atoms with Crippen LogP contribution in [0.3, 0.4) is 0 Å². The van der Waals surface area contributed by atoms with Crippen molar-refractivity contribution in [3.05, 3.63) is 39.0 Å². The zero-order valence-corrected chi connectivity index (χ0v) is 20.0. The van der Waals surface area contributed by atoms with Gasteiger partial charge in [0.2, 0.25) is 10.0 Å². The first-order valence-corrected chi connectivity index (χ1v) is 12.3. The summed E-state index contributed by atoms with van der Waals surface area (Å²) in [7, 11) is -4.02. The SMILES string of the molecule is Cc1sc(C(=O)Nc2cc(Cl)cc(NS(C)(=O)=O)c2)cc1B1OC(C)(C)C(C)(C)O1. The largest absolute Gasteiger partial charge is 0.495 e. The molecule has 0 atom stereocenters. The fourth-order valence-corrected chi connectivity index (χ4v) is 4.65. The lowest BCUT2D eigenvalue weighted by Crippen LogP contribution is -2.41. The summed E-state index contributed by atoms with van der Waals surface area (Å²) >= 11 is 7.39. The van der Waals surface area contributed by atoms with E-state index in [1.807, 2.05) is 34.6 Å². The molecule has 1 amide bonds. The second kappa shape index (κ2) is 7.83. The molecule has 0 spiro atoms. The van der Waals surface area contributed by atoms with Crippen LogP contribution < -0.4 is 15.5 Å². The Hall–Kier alpha value is -1.59. The van der Waals surface area contributed by atoms with Gasteiger partial charge < -0.3 is 14.6 Å². The van der Waals surface area contributed by atoms with Crippen molar-refractivity contribution < 1.29 is 22.5 Å². The molecule has 0 unspecified atom stereocenters. The second-order valence-electron chi connectivity index (χ2n) is 8.27. The molecule has 2 N–H and O–H groups in total. The Labute approximate surface area is 186 Å². The molecular weight excluding hydrogens is 447 g/mol. The number of hydrogen-bond donors (Lipinski definition) is 2. The third-order valence-electron chi connectivity index (χ3n) is 5.15. The molecule has 0 saturated carbocycles. The third-order valence-corrected chi connectivity index (χ3v) is 7.04. The number of hydrogen-bond acceptors (Lipinski definition) is 6. The summed E-state index contributed by atoms with van der Waals surface area (Å²) in [6, 6.07) is 6.27. The summed E-state index contributed by atoms with van der Waals surface area (Å²) in [6.07, 6.45) is 1.04. The maximum atomic E-state index is 12.8. The number of amides is 1. The van der Waals surface area contributed by atoms with Crippen LogP contribution in [0.1, 0.15) is 42.2 Å². The number of thiophene rings is 1. The number of carbonyl (C=O) groups excluding carboxylic acids is 1. The number of aryl methyl sites for hydroxylation is 1. The highest BCUT2D eigenvalue weighted by molar-refractivity contribution is 7.92. The Balaban J connectivity index is 1.80. The summed E-state index contributed by atoms with van der Waals surface area (Å²) in [6.45, 7) is 9.82. The van der Waals surface area contributed by atoms with Crippen LogP contribution >= 0.6 is 22.9 Å². The van der Waals surface area contributed by atoms with Gasteiger partial charge in [-0.3, -0.25) is 9.52 Å². The first-order valence-electron chi connectivity index (χ1n) is 9.22. The molecule has 1 saturated heterocycles. The van der Waals surface area contributed by atoms with Crippen molar-refractivity contribution in [2.75, 3.05) is 16.3 Å². The quantitative estimate of drug-likeness (QED) is 0.651. The van der Waals surface area contributed by atoms with E-state index in [0.717, 1.165) is 16.6 Å². The molecular formula is C19H24BClN2O5S2. The fourth-order valence-electron chi connectivity index (χ4n) is 2.94. The Morgan fingerprint density at radius 3 is 2.20 bits per heavy atom. The molecule has 1 aliphatic heterocycles. The van der Waals surface area contributed by atoms with Crippen LogP contribution in [0.2, 0.25) is 5.02 Å². The molecule has 1 aliphatic rings. The van der Waals surface area contributed by atoms with Crippen molar-refractivity contribution in [2.45, 2.75) is 45.8 Å². The van der Waals surface area contributed by atoms with Gasteiger partial charge in [-0.2, -0.15) is 0 Å². The smallest absolute Gasteiger partial charge is 0.399 e. The van der Waals surface area contributed by atoms with E-state index in [1.54, 1.807) is 12.1 Å². The summed E-state index contributed by atoms with van der Waals surface area (Å²) < 4.78 is 37.4. The summed E-state index contributed by atoms with van der Waals surface area (Å²) in [4.78, 5) is 14.2. The van der Waals surface area contributed by atoms with E-state index in [-0.39, 0.29) is 11.6 Å². The van der Waals surface area contributed by atoms with Gasteiger partial charge in [0.25, 0.3) is 5.91 Å². The first kappa shape index (κ1) is 23.1. The highest BCUT2D eigenvalue weighted by atomic mass is 35.5. The topological polar surface area (TPSA) is 93.7 Å². The Bertz CT molecular complexity index is 1080. The molecule has 1 aromatic heterocycles. The zero-order chi connectivity index (χ0) is 22.5. The molecule has 0 aliphatic carbocycles. The number of carbonyl (C=O) groups is 1.